The first-order valence-electron chi connectivity index (χ1n) is 9.01. The molecular weight excluding hydrogens is 360 g/mol. The summed E-state index contributed by atoms with van der Waals surface area (Å²) in [5.74, 6) is 1.79. The SMILES string of the molecule is COc1cccc2ccc(N3C[C@@H](Cc4cc(C)[nH]n4)[C@@H](O)C3)nc12.O=CO. The molecule has 0 unspecified atom stereocenters. The van der Waals surface area contributed by atoms with Crippen molar-refractivity contribution < 1.29 is 19.7 Å². The van der Waals surface area contributed by atoms with Crippen LogP contribution in [-0.2, 0) is 11.2 Å². The average Bonchev–Trinajstić information content (AvgIpc) is 3.27. The van der Waals surface area contributed by atoms with E-state index in [2.05, 4.69) is 21.2 Å². The second-order valence-corrected chi connectivity index (χ2v) is 6.79. The van der Waals surface area contributed by atoms with Gasteiger partial charge in [-0.15, -0.1) is 0 Å². The number of aliphatic hydroxyl groups excluding tert-OH is 1. The number of hydrogen-bond acceptors (Lipinski definition) is 6. The Kier molecular flexibility index (Phi) is 6.10. The Morgan fingerprint density at radius 2 is 2.11 bits per heavy atom. The molecule has 2 aromatic heterocycles. The molecule has 3 N–H and O–H groups in total. The highest BCUT2D eigenvalue weighted by Crippen LogP contribution is 2.29. The minimum absolute atomic E-state index is 0.151. The van der Waals surface area contributed by atoms with E-state index in [0.29, 0.717) is 6.54 Å². The molecule has 0 amide bonds. The van der Waals surface area contributed by atoms with Crippen LogP contribution in [0.15, 0.2) is 36.4 Å². The Bertz CT molecular complexity index is 943. The van der Waals surface area contributed by atoms with Crippen LogP contribution in [0.2, 0.25) is 0 Å². The molecule has 28 heavy (non-hydrogen) atoms. The van der Waals surface area contributed by atoms with Crippen molar-refractivity contribution in [1.82, 2.24) is 15.2 Å². The number of anilines is 1. The number of aromatic amines is 1. The van der Waals surface area contributed by atoms with Crippen LogP contribution in [0.1, 0.15) is 11.4 Å². The number of carboxylic acid groups (broad SMARTS) is 1. The van der Waals surface area contributed by atoms with E-state index in [4.69, 9.17) is 19.6 Å². The van der Waals surface area contributed by atoms with Gasteiger partial charge < -0.3 is 19.8 Å². The van der Waals surface area contributed by atoms with Crippen LogP contribution < -0.4 is 9.64 Å². The van der Waals surface area contributed by atoms with E-state index in [-0.39, 0.29) is 18.5 Å². The molecule has 1 aliphatic heterocycles. The molecule has 2 atom stereocenters. The van der Waals surface area contributed by atoms with Gasteiger partial charge in [0.2, 0.25) is 0 Å². The van der Waals surface area contributed by atoms with Gasteiger partial charge in [0.25, 0.3) is 6.47 Å². The third kappa shape index (κ3) is 4.23. The lowest BCUT2D eigenvalue weighted by atomic mass is 10.0. The molecular formula is C20H24N4O4. The summed E-state index contributed by atoms with van der Waals surface area (Å²) in [7, 11) is 1.66. The number of para-hydroxylation sites is 1. The molecule has 8 heteroatoms. The van der Waals surface area contributed by atoms with E-state index in [1.165, 1.54) is 0 Å². The van der Waals surface area contributed by atoms with Crippen LogP contribution in [0.5, 0.6) is 5.75 Å². The van der Waals surface area contributed by atoms with Gasteiger partial charge in [0, 0.05) is 30.1 Å². The van der Waals surface area contributed by atoms with Crippen LogP contribution in [0, 0.1) is 12.8 Å². The van der Waals surface area contributed by atoms with Crippen LogP contribution in [0.25, 0.3) is 10.9 Å². The third-order valence-corrected chi connectivity index (χ3v) is 4.85. The van der Waals surface area contributed by atoms with Gasteiger partial charge in [-0.1, -0.05) is 12.1 Å². The van der Waals surface area contributed by atoms with E-state index >= 15 is 0 Å². The molecule has 1 aromatic carbocycles. The van der Waals surface area contributed by atoms with Crippen molar-refractivity contribution in [2.45, 2.75) is 19.4 Å². The molecule has 8 nitrogen and oxygen atoms in total. The van der Waals surface area contributed by atoms with Gasteiger partial charge in [-0.2, -0.15) is 5.10 Å². The number of pyridine rings is 1. The number of aromatic nitrogens is 3. The van der Waals surface area contributed by atoms with E-state index in [0.717, 1.165) is 46.8 Å². The smallest absolute Gasteiger partial charge is 0.290 e. The van der Waals surface area contributed by atoms with E-state index in [9.17, 15) is 5.11 Å². The Labute approximate surface area is 162 Å². The number of nitrogens with zero attached hydrogens (tertiary/aromatic N) is 3. The van der Waals surface area contributed by atoms with E-state index in [1.807, 2.05) is 37.3 Å². The van der Waals surface area contributed by atoms with Crippen molar-refractivity contribution in [1.29, 1.82) is 0 Å². The van der Waals surface area contributed by atoms with Gasteiger partial charge in [-0.05, 0) is 37.6 Å². The van der Waals surface area contributed by atoms with Gasteiger partial charge in [0.15, 0.2) is 0 Å². The highest BCUT2D eigenvalue weighted by atomic mass is 16.5. The predicted octanol–water partition coefficient (Wildman–Crippen LogP) is 2.02. The lowest BCUT2D eigenvalue weighted by molar-refractivity contribution is -0.122. The van der Waals surface area contributed by atoms with Gasteiger partial charge in [-0.3, -0.25) is 9.89 Å². The molecule has 4 rings (SSSR count). The van der Waals surface area contributed by atoms with Crippen molar-refractivity contribution >= 4 is 23.2 Å². The molecule has 0 aliphatic carbocycles. The number of H-pyrrole nitrogens is 1. The van der Waals surface area contributed by atoms with Crippen molar-refractivity contribution in [2.75, 3.05) is 25.1 Å². The topological polar surface area (TPSA) is 112 Å². The second-order valence-electron chi connectivity index (χ2n) is 6.79. The maximum atomic E-state index is 10.5. The summed E-state index contributed by atoms with van der Waals surface area (Å²) < 4.78 is 5.43. The van der Waals surface area contributed by atoms with Gasteiger partial charge >= 0.3 is 0 Å². The zero-order chi connectivity index (χ0) is 20.1. The molecule has 0 saturated carbocycles. The summed E-state index contributed by atoms with van der Waals surface area (Å²) in [6.45, 7) is 3.09. The number of aryl methyl sites for hydroxylation is 1. The first kappa shape index (κ1) is 19.6. The zero-order valence-electron chi connectivity index (χ0n) is 15.9. The fraction of sp³-hybridized carbons (Fsp3) is 0.350. The van der Waals surface area contributed by atoms with Crippen LogP contribution in [-0.4, -0.2) is 58.2 Å². The number of nitrogens with one attached hydrogen (secondary N) is 1. The Balaban J connectivity index is 0.000000706. The molecule has 1 saturated heterocycles. The number of rotatable bonds is 4. The quantitative estimate of drug-likeness (QED) is 0.590. The number of fused-ring (bicyclic) bond motifs is 1. The number of benzene rings is 1. The lowest BCUT2D eigenvalue weighted by Gasteiger charge is -2.18. The van der Waals surface area contributed by atoms with Gasteiger partial charge in [0.05, 0.1) is 18.9 Å². The molecule has 1 aliphatic rings. The lowest BCUT2D eigenvalue weighted by Crippen LogP contribution is -2.22. The average molecular weight is 384 g/mol. The normalized spacial score (nSPS) is 18.6. The third-order valence-electron chi connectivity index (χ3n) is 4.85. The highest BCUT2D eigenvalue weighted by Gasteiger charge is 2.32. The van der Waals surface area contributed by atoms with Crippen molar-refractivity contribution in [2.24, 2.45) is 5.92 Å². The van der Waals surface area contributed by atoms with E-state index in [1.54, 1.807) is 7.11 Å². The first-order valence-corrected chi connectivity index (χ1v) is 9.01. The maximum absolute atomic E-state index is 10.5. The molecule has 3 aromatic rings. The standard InChI is InChI=1S/C19H22N4O2.CH2O2/c1-12-8-15(22-21-12)9-14-10-23(11-16(14)24)18-7-6-13-4-3-5-17(25-2)19(13)20-18;2-1-3/h3-8,14,16,24H,9-11H2,1-2H3,(H,21,22);1H,(H,2,3)/t14-,16+;/m1./s1. The second kappa shape index (κ2) is 8.71. The monoisotopic (exact) mass is 384 g/mol. The summed E-state index contributed by atoms with van der Waals surface area (Å²) in [5.41, 5.74) is 2.89. The minimum atomic E-state index is -0.382. The molecule has 0 spiro atoms. The maximum Gasteiger partial charge on any atom is 0.290 e. The van der Waals surface area contributed by atoms with Crippen molar-refractivity contribution in [3.05, 3.63) is 47.8 Å². The highest BCUT2D eigenvalue weighted by molar-refractivity contribution is 5.86. The Hall–Kier alpha value is -3.13. The zero-order valence-corrected chi connectivity index (χ0v) is 15.9. The summed E-state index contributed by atoms with van der Waals surface area (Å²) in [6, 6.07) is 12.0. The summed E-state index contributed by atoms with van der Waals surface area (Å²) in [4.78, 5) is 15.3. The molecule has 148 valence electrons. The Morgan fingerprint density at radius 1 is 1.32 bits per heavy atom. The fourth-order valence-corrected chi connectivity index (χ4v) is 3.54. The van der Waals surface area contributed by atoms with Gasteiger partial charge in [-0.25, -0.2) is 4.98 Å². The molecule has 3 heterocycles. The first-order chi connectivity index (χ1) is 13.5. The van der Waals surface area contributed by atoms with Gasteiger partial charge in [0.1, 0.15) is 17.1 Å². The van der Waals surface area contributed by atoms with Crippen molar-refractivity contribution in [3.8, 4) is 5.75 Å². The fourth-order valence-electron chi connectivity index (χ4n) is 3.54. The number of aliphatic hydroxyl groups is 1. The van der Waals surface area contributed by atoms with Crippen molar-refractivity contribution in [3.63, 3.8) is 0 Å². The van der Waals surface area contributed by atoms with Crippen LogP contribution in [0.3, 0.4) is 0 Å². The van der Waals surface area contributed by atoms with Crippen LogP contribution >= 0.6 is 0 Å². The number of carbonyl (C=O) groups is 1. The van der Waals surface area contributed by atoms with Crippen LogP contribution in [0.4, 0.5) is 5.82 Å². The minimum Gasteiger partial charge on any atom is -0.494 e. The summed E-state index contributed by atoms with van der Waals surface area (Å²) in [6.07, 6.45) is 0.381. The number of ether oxygens (including phenoxy) is 1. The summed E-state index contributed by atoms with van der Waals surface area (Å²) >= 11 is 0. The number of methoxy groups -OCH3 is 1. The predicted molar refractivity (Wildman–Crippen MR) is 106 cm³/mol. The largest absolute Gasteiger partial charge is 0.494 e. The van der Waals surface area contributed by atoms with E-state index < -0.39 is 0 Å². The Morgan fingerprint density at radius 3 is 2.79 bits per heavy atom. The number of hydrogen-bond donors (Lipinski definition) is 3. The molecule has 1 fully saturated rings. The summed E-state index contributed by atoms with van der Waals surface area (Å²) in [5, 5.41) is 25.7. The molecule has 0 bridgehead atoms. The molecule has 0 radical (unpaired) electrons. The number of β-amino-alcohol motifs (C(OH)–C–C–N with tert-alkyl or cyclic N) is 1.